The van der Waals surface area contributed by atoms with E-state index in [1.54, 1.807) is 6.33 Å². The van der Waals surface area contributed by atoms with Crippen LogP contribution in [0.4, 0.5) is 0 Å². The molecule has 1 atom stereocenters. The van der Waals surface area contributed by atoms with Crippen LogP contribution in [0.3, 0.4) is 0 Å². The van der Waals surface area contributed by atoms with E-state index in [9.17, 15) is 0 Å². The molecule has 0 aliphatic rings. The molecule has 14 heavy (non-hydrogen) atoms. The van der Waals surface area contributed by atoms with Gasteiger partial charge in [0.05, 0.1) is 17.0 Å². The minimum Gasteiger partial charge on any atom is -0.403 e. The van der Waals surface area contributed by atoms with E-state index in [1.165, 1.54) is 6.20 Å². The first-order valence-corrected chi connectivity index (χ1v) is 4.91. The Morgan fingerprint density at radius 2 is 2.21 bits per heavy atom. The van der Waals surface area contributed by atoms with Crippen LogP contribution in [0.25, 0.3) is 12.3 Å². The molecule has 1 unspecified atom stereocenters. The van der Waals surface area contributed by atoms with Crippen LogP contribution in [-0.4, -0.2) is 16.0 Å². The van der Waals surface area contributed by atoms with E-state index in [4.69, 9.17) is 11.5 Å². The Morgan fingerprint density at radius 3 is 2.71 bits per heavy atom. The number of aromatic amines is 1. The topological polar surface area (TPSA) is 80.7 Å². The summed E-state index contributed by atoms with van der Waals surface area (Å²) in [5.41, 5.74) is 10.9. The predicted molar refractivity (Wildman–Crippen MR) is 60.6 cm³/mol. The zero-order valence-electron chi connectivity index (χ0n) is 9.12. The van der Waals surface area contributed by atoms with E-state index < -0.39 is 0 Å². The number of H-pyrrole nitrogens is 1. The molecule has 1 aromatic heterocycles. The van der Waals surface area contributed by atoms with Gasteiger partial charge in [0.15, 0.2) is 0 Å². The van der Waals surface area contributed by atoms with Crippen LogP contribution in [0.15, 0.2) is 6.33 Å². The molecular weight excluding hydrogens is 176 g/mol. The summed E-state index contributed by atoms with van der Waals surface area (Å²) in [6, 6.07) is 0.160. The molecular formula is C10H20N4. The van der Waals surface area contributed by atoms with Gasteiger partial charge in [0.1, 0.15) is 0 Å². The van der Waals surface area contributed by atoms with Crippen LogP contribution >= 0.6 is 0 Å². The minimum atomic E-state index is 0.160. The Labute approximate surface area is 84.7 Å². The van der Waals surface area contributed by atoms with Crippen LogP contribution < -0.4 is 22.2 Å². The summed E-state index contributed by atoms with van der Waals surface area (Å²) in [6.45, 7) is 5.95. The SMILES string of the molecule is CC.CC(N)C/C=c1/nc[nH]/c1=C/N. The molecule has 0 fully saturated rings. The van der Waals surface area contributed by atoms with E-state index in [2.05, 4.69) is 9.97 Å². The third kappa shape index (κ3) is 4.09. The van der Waals surface area contributed by atoms with Crippen LogP contribution in [0, 0.1) is 0 Å². The molecule has 0 spiro atoms. The molecule has 1 aromatic rings. The van der Waals surface area contributed by atoms with E-state index in [1.807, 2.05) is 26.8 Å². The van der Waals surface area contributed by atoms with Crippen molar-refractivity contribution in [3.05, 3.63) is 17.0 Å². The van der Waals surface area contributed by atoms with E-state index >= 15 is 0 Å². The lowest BCUT2D eigenvalue weighted by molar-refractivity contribution is 0.775. The molecule has 0 aliphatic heterocycles. The maximum Gasteiger partial charge on any atom is 0.0932 e. The number of hydrogen-bond donors (Lipinski definition) is 3. The third-order valence-electron chi connectivity index (χ3n) is 1.55. The van der Waals surface area contributed by atoms with Gasteiger partial charge in [0.2, 0.25) is 0 Å². The lowest BCUT2D eigenvalue weighted by Gasteiger charge is -1.95. The molecule has 80 valence electrons. The van der Waals surface area contributed by atoms with Crippen molar-refractivity contribution in [2.45, 2.75) is 33.2 Å². The van der Waals surface area contributed by atoms with Crippen molar-refractivity contribution in [3.63, 3.8) is 0 Å². The first kappa shape index (κ1) is 12.7. The van der Waals surface area contributed by atoms with Crippen molar-refractivity contribution in [2.75, 3.05) is 0 Å². The maximum absolute atomic E-state index is 5.59. The fraction of sp³-hybridized carbons (Fsp3) is 0.500. The average Bonchev–Trinajstić information content (AvgIpc) is 2.65. The third-order valence-corrected chi connectivity index (χ3v) is 1.55. The van der Waals surface area contributed by atoms with Gasteiger partial charge < -0.3 is 16.5 Å². The van der Waals surface area contributed by atoms with Gasteiger partial charge in [-0.05, 0) is 13.3 Å². The van der Waals surface area contributed by atoms with Crippen molar-refractivity contribution < 1.29 is 0 Å². The smallest absolute Gasteiger partial charge is 0.0932 e. The molecule has 5 N–H and O–H groups in total. The summed E-state index contributed by atoms with van der Waals surface area (Å²) in [7, 11) is 0. The van der Waals surface area contributed by atoms with Crippen molar-refractivity contribution in [2.24, 2.45) is 11.5 Å². The second-order valence-corrected chi connectivity index (χ2v) is 2.79. The highest BCUT2D eigenvalue weighted by Gasteiger charge is 1.90. The van der Waals surface area contributed by atoms with Gasteiger partial charge in [0.25, 0.3) is 0 Å². The quantitative estimate of drug-likeness (QED) is 0.605. The summed E-state index contributed by atoms with van der Waals surface area (Å²) < 4.78 is 0. The van der Waals surface area contributed by atoms with Crippen LogP contribution in [0.1, 0.15) is 27.2 Å². The maximum atomic E-state index is 5.59. The second kappa shape index (κ2) is 7.15. The molecule has 0 radical (unpaired) electrons. The minimum absolute atomic E-state index is 0.160. The number of hydrogen-bond acceptors (Lipinski definition) is 3. The highest BCUT2D eigenvalue weighted by atomic mass is 14.9. The summed E-state index contributed by atoms with van der Waals surface area (Å²) >= 11 is 0. The molecule has 4 heteroatoms. The summed E-state index contributed by atoms with van der Waals surface area (Å²) in [6.07, 6.45) is 5.90. The number of aromatic nitrogens is 2. The second-order valence-electron chi connectivity index (χ2n) is 2.79. The lowest BCUT2D eigenvalue weighted by Crippen LogP contribution is -2.27. The lowest BCUT2D eigenvalue weighted by atomic mass is 10.2. The molecule has 0 saturated heterocycles. The van der Waals surface area contributed by atoms with E-state index in [0.29, 0.717) is 0 Å². The van der Waals surface area contributed by atoms with Gasteiger partial charge in [-0.1, -0.05) is 19.9 Å². The van der Waals surface area contributed by atoms with Crippen LogP contribution in [0.2, 0.25) is 0 Å². The molecule has 1 rings (SSSR count). The monoisotopic (exact) mass is 196 g/mol. The molecule has 0 aliphatic carbocycles. The summed E-state index contributed by atoms with van der Waals surface area (Å²) in [4.78, 5) is 7.00. The Bertz CT molecular complexity index is 337. The number of imidazole rings is 1. The van der Waals surface area contributed by atoms with Crippen LogP contribution in [-0.2, 0) is 0 Å². The van der Waals surface area contributed by atoms with Gasteiger partial charge >= 0.3 is 0 Å². The Kier molecular flexibility index (Phi) is 6.49. The van der Waals surface area contributed by atoms with E-state index in [-0.39, 0.29) is 6.04 Å². The highest BCUT2D eigenvalue weighted by molar-refractivity contribution is 5.23. The van der Waals surface area contributed by atoms with Gasteiger partial charge in [-0.3, -0.25) is 0 Å². The summed E-state index contributed by atoms with van der Waals surface area (Å²) in [5, 5.41) is 1.71. The van der Waals surface area contributed by atoms with Crippen molar-refractivity contribution in [1.29, 1.82) is 0 Å². The number of rotatable bonds is 2. The zero-order chi connectivity index (χ0) is 11.0. The largest absolute Gasteiger partial charge is 0.403 e. The molecule has 0 bridgehead atoms. The Morgan fingerprint density at radius 1 is 1.57 bits per heavy atom. The number of nitrogens with one attached hydrogen (secondary N) is 1. The molecule has 0 saturated carbocycles. The standard InChI is InChI=1S/C8H14N4.C2H6/c1-6(10)2-3-7-8(4-9)12-5-11-7;1-2/h3-6H,2,9-10H2,1H3,(H,11,12);1-2H3/b7-3+,8-4+;. The van der Waals surface area contributed by atoms with Crippen molar-refractivity contribution in [3.8, 4) is 0 Å². The normalized spacial score (nSPS) is 14.9. The number of nitrogens with two attached hydrogens (primary N) is 2. The Balaban J connectivity index is 0.000000791. The summed E-state index contributed by atoms with van der Waals surface area (Å²) in [5.74, 6) is 0. The fourth-order valence-corrected chi connectivity index (χ4v) is 0.909. The van der Waals surface area contributed by atoms with Gasteiger partial charge in [-0.2, -0.15) is 0 Å². The number of nitrogens with zero attached hydrogens (tertiary/aromatic N) is 1. The first-order valence-electron chi connectivity index (χ1n) is 4.91. The van der Waals surface area contributed by atoms with Gasteiger partial charge in [-0.25, -0.2) is 4.98 Å². The van der Waals surface area contributed by atoms with Crippen molar-refractivity contribution >= 4 is 12.3 Å². The average molecular weight is 196 g/mol. The molecule has 0 aromatic carbocycles. The predicted octanol–water partition coefficient (Wildman–Crippen LogP) is -0.350. The Hall–Kier alpha value is -1.29. The molecule has 1 heterocycles. The zero-order valence-corrected chi connectivity index (χ0v) is 9.12. The fourth-order valence-electron chi connectivity index (χ4n) is 0.909. The van der Waals surface area contributed by atoms with Crippen LogP contribution in [0.5, 0.6) is 0 Å². The molecule has 0 amide bonds. The highest BCUT2D eigenvalue weighted by Crippen LogP contribution is 1.84. The van der Waals surface area contributed by atoms with Gasteiger partial charge in [-0.15, -0.1) is 0 Å². The van der Waals surface area contributed by atoms with Gasteiger partial charge in [0, 0.05) is 12.2 Å². The first-order chi connectivity index (χ1) is 6.74. The van der Waals surface area contributed by atoms with E-state index in [0.717, 1.165) is 17.1 Å². The van der Waals surface area contributed by atoms with Crippen molar-refractivity contribution in [1.82, 2.24) is 9.97 Å². The molecule has 4 nitrogen and oxygen atoms in total.